The van der Waals surface area contributed by atoms with Gasteiger partial charge in [0.05, 0.1) is 6.04 Å². The minimum absolute atomic E-state index is 0.0996. The summed E-state index contributed by atoms with van der Waals surface area (Å²) in [5.41, 5.74) is 8.17. The smallest absolute Gasteiger partial charge is 0.331 e. The fourth-order valence-electron chi connectivity index (χ4n) is 4.06. The zero-order chi connectivity index (χ0) is 15.8. The molecular weight excluding hydrogens is 278 g/mol. The van der Waals surface area contributed by atoms with Gasteiger partial charge in [-0.2, -0.15) is 0 Å². The Labute approximate surface area is 131 Å². The van der Waals surface area contributed by atoms with Crippen LogP contribution < -0.4 is 11.2 Å². The van der Waals surface area contributed by atoms with Crippen LogP contribution in [0.5, 0.6) is 0 Å². The van der Waals surface area contributed by atoms with Crippen molar-refractivity contribution in [3.63, 3.8) is 0 Å². The molecule has 0 unspecified atom stereocenters. The van der Waals surface area contributed by atoms with Gasteiger partial charge in [0, 0.05) is 11.8 Å². The molecule has 1 aliphatic carbocycles. The van der Waals surface area contributed by atoms with Gasteiger partial charge in [-0.15, -0.1) is 0 Å². The summed E-state index contributed by atoms with van der Waals surface area (Å²) in [7, 11) is 0. The number of nitrogens with two attached hydrogens (primary N) is 1. The molecule has 1 saturated heterocycles. The molecule has 5 heteroatoms. The second kappa shape index (κ2) is 5.56. The zero-order valence-corrected chi connectivity index (χ0v) is 13.1. The van der Waals surface area contributed by atoms with Crippen LogP contribution >= 0.6 is 0 Å². The SMILES string of the molecule is CC1([C@]2(O)C[C@@H](c3ccccc3)NN2C(N)=O)CCCCC1. The predicted molar refractivity (Wildman–Crippen MR) is 84.5 cm³/mol. The molecule has 1 aliphatic heterocycles. The second-order valence-electron chi connectivity index (χ2n) is 6.91. The van der Waals surface area contributed by atoms with Crippen molar-refractivity contribution < 1.29 is 9.90 Å². The van der Waals surface area contributed by atoms with E-state index in [1.807, 2.05) is 30.3 Å². The van der Waals surface area contributed by atoms with E-state index in [2.05, 4.69) is 12.3 Å². The fraction of sp³-hybridized carbons (Fsp3) is 0.588. The Morgan fingerprint density at radius 3 is 2.50 bits per heavy atom. The molecule has 1 aromatic rings. The van der Waals surface area contributed by atoms with E-state index in [-0.39, 0.29) is 11.5 Å². The number of urea groups is 1. The normalized spacial score (nSPS) is 31.2. The lowest BCUT2D eigenvalue weighted by Crippen LogP contribution is -2.62. The highest BCUT2D eigenvalue weighted by Gasteiger charge is 2.57. The molecule has 2 aliphatic rings. The first kappa shape index (κ1) is 15.3. The van der Waals surface area contributed by atoms with E-state index in [4.69, 9.17) is 5.73 Å². The Bertz CT molecular complexity index is 542. The van der Waals surface area contributed by atoms with Gasteiger partial charge in [0.2, 0.25) is 0 Å². The van der Waals surface area contributed by atoms with Crippen molar-refractivity contribution in [3.8, 4) is 0 Å². The predicted octanol–water partition coefficient (Wildman–Crippen LogP) is 2.68. The average Bonchev–Trinajstić information content (AvgIpc) is 2.89. The van der Waals surface area contributed by atoms with E-state index in [9.17, 15) is 9.90 Å². The minimum Gasteiger partial charge on any atom is -0.369 e. The van der Waals surface area contributed by atoms with Crippen LogP contribution in [-0.2, 0) is 0 Å². The third kappa shape index (κ3) is 2.38. The van der Waals surface area contributed by atoms with Crippen molar-refractivity contribution in [2.45, 2.75) is 57.2 Å². The molecule has 1 aromatic carbocycles. The molecule has 3 rings (SSSR count). The Morgan fingerprint density at radius 1 is 1.27 bits per heavy atom. The molecule has 22 heavy (non-hydrogen) atoms. The van der Waals surface area contributed by atoms with Crippen LogP contribution in [0.2, 0.25) is 0 Å². The van der Waals surface area contributed by atoms with E-state index in [1.165, 1.54) is 11.4 Å². The lowest BCUT2D eigenvalue weighted by atomic mass is 9.66. The summed E-state index contributed by atoms with van der Waals surface area (Å²) < 4.78 is 0. The Hall–Kier alpha value is -1.59. The largest absolute Gasteiger partial charge is 0.369 e. The highest BCUT2D eigenvalue weighted by Crippen LogP contribution is 2.51. The van der Waals surface area contributed by atoms with Crippen LogP contribution in [0.3, 0.4) is 0 Å². The first-order chi connectivity index (χ1) is 10.5. The number of amides is 2. The van der Waals surface area contributed by atoms with Crippen molar-refractivity contribution in [2.24, 2.45) is 11.1 Å². The van der Waals surface area contributed by atoms with Crippen LogP contribution in [0.15, 0.2) is 30.3 Å². The van der Waals surface area contributed by atoms with Gasteiger partial charge in [0.15, 0.2) is 5.72 Å². The molecule has 2 amide bonds. The van der Waals surface area contributed by atoms with E-state index in [0.717, 1.165) is 31.2 Å². The van der Waals surface area contributed by atoms with Gasteiger partial charge in [0.25, 0.3) is 0 Å². The van der Waals surface area contributed by atoms with Crippen LogP contribution in [0.25, 0.3) is 0 Å². The third-order valence-electron chi connectivity index (χ3n) is 5.49. The number of hydrazine groups is 1. The van der Waals surface area contributed by atoms with Crippen LogP contribution in [-0.4, -0.2) is 21.9 Å². The number of nitrogens with zero attached hydrogens (tertiary/aromatic N) is 1. The van der Waals surface area contributed by atoms with Crippen LogP contribution in [0.4, 0.5) is 4.79 Å². The number of carbonyl (C=O) groups is 1. The molecular formula is C17H25N3O2. The lowest BCUT2D eigenvalue weighted by molar-refractivity contribution is -0.170. The van der Waals surface area contributed by atoms with Gasteiger partial charge in [-0.25, -0.2) is 15.2 Å². The van der Waals surface area contributed by atoms with Gasteiger partial charge in [-0.05, 0) is 18.4 Å². The zero-order valence-electron chi connectivity index (χ0n) is 13.1. The van der Waals surface area contributed by atoms with E-state index >= 15 is 0 Å². The van der Waals surface area contributed by atoms with Crippen molar-refractivity contribution in [3.05, 3.63) is 35.9 Å². The van der Waals surface area contributed by atoms with Gasteiger partial charge in [0.1, 0.15) is 0 Å². The molecule has 0 aromatic heterocycles. The van der Waals surface area contributed by atoms with Crippen molar-refractivity contribution in [2.75, 3.05) is 0 Å². The highest BCUT2D eigenvalue weighted by molar-refractivity contribution is 5.72. The number of carbonyl (C=O) groups excluding carboxylic acids is 1. The molecule has 0 bridgehead atoms. The Balaban J connectivity index is 1.93. The number of aliphatic hydroxyl groups is 1. The van der Waals surface area contributed by atoms with Gasteiger partial charge < -0.3 is 10.8 Å². The minimum atomic E-state index is -1.24. The topological polar surface area (TPSA) is 78.6 Å². The number of hydrogen-bond donors (Lipinski definition) is 3. The maximum Gasteiger partial charge on any atom is 0.331 e. The number of rotatable bonds is 2. The van der Waals surface area contributed by atoms with Crippen molar-refractivity contribution in [1.82, 2.24) is 10.4 Å². The van der Waals surface area contributed by atoms with Gasteiger partial charge in [-0.3, -0.25) is 0 Å². The average molecular weight is 303 g/mol. The summed E-state index contributed by atoms with van der Waals surface area (Å²) in [4.78, 5) is 11.9. The molecule has 4 N–H and O–H groups in total. The summed E-state index contributed by atoms with van der Waals surface area (Å²) in [5.74, 6) is 0. The summed E-state index contributed by atoms with van der Waals surface area (Å²) >= 11 is 0. The molecule has 0 spiro atoms. The monoisotopic (exact) mass is 303 g/mol. The number of hydrogen-bond acceptors (Lipinski definition) is 3. The second-order valence-corrected chi connectivity index (χ2v) is 6.91. The molecule has 2 atom stereocenters. The summed E-state index contributed by atoms with van der Waals surface area (Å²) in [5, 5.41) is 12.7. The molecule has 2 fully saturated rings. The van der Waals surface area contributed by atoms with E-state index in [0.29, 0.717) is 6.42 Å². The molecule has 120 valence electrons. The lowest BCUT2D eigenvalue weighted by Gasteiger charge is -2.48. The standard InChI is InChI=1S/C17H25N3O2/c1-16(10-6-3-7-11-16)17(22)12-14(19-20(17)15(18)21)13-8-4-2-5-9-13/h2,4-5,8-9,14,19,22H,3,6-7,10-12H2,1H3,(H2,18,21)/t14-,17+/m0/s1. The summed E-state index contributed by atoms with van der Waals surface area (Å²) in [6.07, 6.45) is 5.66. The molecule has 5 nitrogen and oxygen atoms in total. The van der Waals surface area contributed by atoms with Crippen LogP contribution in [0, 0.1) is 5.41 Å². The fourth-order valence-corrected chi connectivity index (χ4v) is 4.06. The van der Waals surface area contributed by atoms with E-state index in [1.54, 1.807) is 0 Å². The highest BCUT2D eigenvalue weighted by atomic mass is 16.3. The number of nitrogens with one attached hydrogen (secondary N) is 1. The van der Waals surface area contributed by atoms with Gasteiger partial charge >= 0.3 is 6.03 Å². The summed E-state index contributed by atoms with van der Waals surface area (Å²) in [6, 6.07) is 9.18. The van der Waals surface area contributed by atoms with E-state index < -0.39 is 11.8 Å². The molecule has 0 radical (unpaired) electrons. The molecule has 1 saturated carbocycles. The Kier molecular flexibility index (Phi) is 3.87. The van der Waals surface area contributed by atoms with Crippen molar-refractivity contribution >= 4 is 6.03 Å². The third-order valence-corrected chi connectivity index (χ3v) is 5.49. The first-order valence-electron chi connectivity index (χ1n) is 8.09. The summed E-state index contributed by atoms with van der Waals surface area (Å²) in [6.45, 7) is 2.08. The number of benzene rings is 1. The van der Waals surface area contributed by atoms with Gasteiger partial charge in [-0.1, -0.05) is 56.5 Å². The number of primary amides is 1. The maximum atomic E-state index is 11.9. The van der Waals surface area contributed by atoms with Crippen LogP contribution in [0.1, 0.15) is 57.1 Å². The van der Waals surface area contributed by atoms with Crippen molar-refractivity contribution in [1.29, 1.82) is 0 Å². The maximum absolute atomic E-state index is 11.9. The first-order valence-corrected chi connectivity index (χ1v) is 8.09. The Morgan fingerprint density at radius 2 is 1.91 bits per heavy atom. The quantitative estimate of drug-likeness (QED) is 0.786. The molecule has 1 heterocycles.